The van der Waals surface area contributed by atoms with Crippen LogP contribution < -0.4 is 5.73 Å². The summed E-state index contributed by atoms with van der Waals surface area (Å²) in [6, 6.07) is 10.1. The predicted octanol–water partition coefficient (Wildman–Crippen LogP) is 3.23. The predicted molar refractivity (Wildman–Crippen MR) is 86.3 cm³/mol. The first kappa shape index (κ1) is 13.4. The largest absolute Gasteiger partial charge is 0.384 e. The molecule has 3 N–H and O–H groups in total. The van der Waals surface area contributed by atoms with Crippen molar-refractivity contribution < 1.29 is 0 Å². The number of hydrogen-bond donors (Lipinski definition) is 2. The molecule has 0 saturated carbocycles. The smallest absolute Gasteiger partial charge is 0.124 e. The van der Waals surface area contributed by atoms with Crippen LogP contribution in [0.4, 0.5) is 0 Å². The Bertz CT molecular complexity index is 859. The SMILES string of the molecule is Cc1ccc(C(=N)N)c(-n2cnc3cc(C)c(C)cc32)c1. The number of fused-ring (bicyclic) bond motifs is 1. The molecule has 0 spiro atoms. The highest BCUT2D eigenvalue weighted by molar-refractivity contribution is 5.99. The number of nitrogen functional groups attached to an aromatic ring is 1. The Hall–Kier alpha value is -2.62. The molecule has 0 bridgehead atoms. The lowest BCUT2D eigenvalue weighted by atomic mass is 10.1. The van der Waals surface area contributed by atoms with E-state index in [2.05, 4.69) is 31.0 Å². The lowest BCUT2D eigenvalue weighted by Gasteiger charge is -2.12. The second kappa shape index (κ2) is 4.74. The van der Waals surface area contributed by atoms with Crippen LogP contribution in [0.5, 0.6) is 0 Å². The van der Waals surface area contributed by atoms with Gasteiger partial charge in [-0.15, -0.1) is 0 Å². The van der Waals surface area contributed by atoms with Crippen molar-refractivity contribution in [2.75, 3.05) is 0 Å². The van der Waals surface area contributed by atoms with E-state index < -0.39 is 0 Å². The topological polar surface area (TPSA) is 67.7 Å². The van der Waals surface area contributed by atoms with Gasteiger partial charge in [0.25, 0.3) is 0 Å². The van der Waals surface area contributed by atoms with E-state index in [-0.39, 0.29) is 5.84 Å². The molecule has 0 amide bonds. The Morgan fingerprint density at radius 3 is 2.52 bits per heavy atom. The van der Waals surface area contributed by atoms with Gasteiger partial charge in [0.1, 0.15) is 12.2 Å². The molecule has 0 unspecified atom stereocenters. The second-order valence-electron chi connectivity index (χ2n) is 5.47. The molecule has 2 aromatic carbocycles. The maximum Gasteiger partial charge on any atom is 0.124 e. The van der Waals surface area contributed by atoms with Gasteiger partial charge in [0.05, 0.1) is 16.7 Å². The molecule has 106 valence electrons. The van der Waals surface area contributed by atoms with E-state index in [9.17, 15) is 0 Å². The number of aryl methyl sites for hydroxylation is 3. The van der Waals surface area contributed by atoms with E-state index in [4.69, 9.17) is 11.1 Å². The molecular weight excluding hydrogens is 260 g/mol. The van der Waals surface area contributed by atoms with Gasteiger partial charge in [0.2, 0.25) is 0 Å². The number of nitrogens with one attached hydrogen (secondary N) is 1. The summed E-state index contributed by atoms with van der Waals surface area (Å²) in [6.07, 6.45) is 1.80. The number of rotatable bonds is 2. The van der Waals surface area contributed by atoms with E-state index in [1.165, 1.54) is 11.1 Å². The summed E-state index contributed by atoms with van der Waals surface area (Å²) in [4.78, 5) is 4.48. The molecular formula is C17H18N4. The van der Waals surface area contributed by atoms with Crippen LogP contribution >= 0.6 is 0 Å². The minimum atomic E-state index is 0.0654. The average Bonchev–Trinajstić information content (AvgIpc) is 2.81. The summed E-state index contributed by atoms with van der Waals surface area (Å²) in [7, 11) is 0. The maximum absolute atomic E-state index is 7.78. The van der Waals surface area contributed by atoms with E-state index in [0.29, 0.717) is 0 Å². The summed E-state index contributed by atoms with van der Waals surface area (Å²) in [6.45, 7) is 6.21. The molecule has 1 heterocycles. The van der Waals surface area contributed by atoms with Crippen molar-refractivity contribution in [3.63, 3.8) is 0 Å². The normalized spacial score (nSPS) is 11.0. The molecule has 3 aromatic rings. The number of benzene rings is 2. The van der Waals surface area contributed by atoms with Crippen LogP contribution in [-0.2, 0) is 0 Å². The third-order valence-electron chi connectivity index (χ3n) is 3.87. The van der Waals surface area contributed by atoms with Gasteiger partial charge < -0.3 is 5.73 Å². The molecule has 0 fully saturated rings. The van der Waals surface area contributed by atoms with E-state index >= 15 is 0 Å². The summed E-state index contributed by atoms with van der Waals surface area (Å²) in [5.74, 6) is 0.0654. The molecule has 0 atom stereocenters. The first-order chi connectivity index (χ1) is 9.97. The molecule has 0 saturated heterocycles. The highest BCUT2D eigenvalue weighted by Crippen LogP contribution is 2.24. The number of imidazole rings is 1. The summed E-state index contributed by atoms with van der Waals surface area (Å²) >= 11 is 0. The van der Waals surface area contributed by atoms with E-state index in [1.807, 2.05) is 29.7 Å². The van der Waals surface area contributed by atoms with Crippen LogP contribution in [0.3, 0.4) is 0 Å². The standard InChI is InChI=1S/C17H18N4/c1-10-4-5-13(17(18)19)15(6-10)21-9-20-14-7-11(2)12(3)8-16(14)21/h4-9H,1-3H3,(H3,18,19). The summed E-state index contributed by atoms with van der Waals surface area (Å²) in [5.41, 5.74) is 12.9. The van der Waals surface area contributed by atoms with Crippen molar-refractivity contribution >= 4 is 16.9 Å². The fourth-order valence-electron chi connectivity index (χ4n) is 2.52. The average molecular weight is 278 g/mol. The number of hydrogen-bond acceptors (Lipinski definition) is 2. The quantitative estimate of drug-likeness (QED) is 0.558. The Labute approximate surface area is 123 Å². The lowest BCUT2D eigenvalue weighted by Crippen LogP contribution is -2.14. The Kier molecular flexibility index (Phi) is 3.01. The monoisotopic (exact) mass is 278 g/mol. The first-order valence-electron chi connectivity index (χ1n) is 6.87. The van der Waals surface area contributed by atoms with Gasteiger partial charge in [-0.2, -0.15) is 0 Å². The third-order valence-corrected chi connectivity index (χ3v) is 3.87. The lowest BCUT2D eigenvalue weighted by molar-refractivity contribution is 1.08. The van der Waals surface area contributed by atoms with Crippen LogP contribution in [0.25, 0.3) is 16.7 Å². The maximum atomic E-state index is 7.78. The van der Waals surface area contributed by atoms with Crippen LogP contribution in [-0.4, -0.2) is 15.4 Å². The summed E-state index contributed by atoms with van der Waals surface area (Å²) in [5, 5.41) is 7.78. The van der Waals surface area contributed by atoms with Gasteiger partial charge in [-0.3, -0.25) is 9.98 Å². The summed E-state index contributed by atoms with van der Waals surface area (Å²) < 4.78 is 2.01. The highest BCUT2D eigenvalue weighted by atomic mass is 15.1. The van der Waals surface area contributed by atoms with Crippen LogP contribution in [0.1, 0.15) is 22.3 Å². The Morgan fingerprint density at radius 2 is 1.81 bits per heavy atom. The van der Waals surface area contributed by atoms with Crippen molar-refractivity contribution in [1.29, 1.82) is 5.41 Å². The number of nitrogens with zero attached hydrogens (tertiary/aromatic N) is 2. The van der Waals surface area contributed by atoms with Gasteiger partial charge in [0, 0.05) is 5.56 Å². The van der Waals surface area contributed by atoms with Crippen LogP contribution in [0.15, 0.2) is 36.7 Å². The van der Waals surface area contributed by atoms with Crippen molar-refractivity contribution in [1.82, 2.24) is 9.55 Å². The van der Waals surface area contributed by atoms with Gasteiger partial charge in [-0.25, -0.2) is 4.98 Å². The molecule has 4 nitrogen and oxygen atoms in total. The zero-order valence-electron chi connectivity index (χ0n) is 12.4. The highest BCUT2D eigenvalue weighted by Gasteiger charge is 2.12. The molecule has 0 radical (unpaired) electrons. The third kappa shape index (κ3) is 2.18. The zero-order chi connectivity index (χ0) is 15.1. The number of nitrogens with two attached hydrogens (primary N) is 1. The van der Waals surface area contributed by atoms with Crippen molar-refractivity contribution in [3.8, 4) is 5.69 Å². The Balaban J connectivity index is 2.33. The van der Waals surface area contributed by atoms with Gasteiger partial charge in [-0.05, 0) is 61.7 Å². The van der Waals surface area contributed by atoms with E-state index in [1.54, 1.807) is 6.33 Å². The molecule has 3 rings (SSSR count). The molecule has 0 aliphatic heterocycles. The van der Waals surface area contributed by atoms with Gasteiger partial charge in [-0.1, -0.05) is 6.07 Å². The fourth-order valence-corrected chi connectivity index (χ4v) is 2.52. The fraction of sp³-hybridized carbons (Fsp3) is 0.176. The van der Waals surface area contributed by atoms with Crippen molar-refractivity contribution in [3.05, 3.63) is 58.9 Å². The van der Waals surface area contributed by atoms with Crippen LogP contribution in [0.2, 0.25) is 0 Å². The van der Waals surface area contributed by atoms with Crippen molar-refractivity contribution in [2.24, 2.45) is 5.73 Å². The second-order valence-corrected chi connectivity index (χ2v) is 5.47. The molecule has 21 heavy (non-hydrogen) atoms. The number of amidine groups is 1. The molecule has 1 aromatic heterocycles. The van der Waals surface area contributed by atoms with Crippen molar-refractivity contribution in [2.45, 2.75) is 20.8 Å². The van der Waals surface area contributed by atoms with E-state index in [0.717, 1.165) is 27.8 Å². The molecule has 0 aliphatic rings. The zero-order valence-corrected chi connectivity index (χ0v) is 12.4. The molecule has 4 heteroatoms. The Morgan fingerprint density at radius 1 is 1.10 bits per heavy atom. The first-order valence-corrected chi connectivity index (χ1v) is 6.87. The van der Waals surface area contributed by atoms with Crippen LogP contribution in [0, 0.1) is 26.2 Å². The minimum Gasteiger partial charge on any atom is -0.384 e. The minimum absolute atomic E-state index is 0.0654. The number of aromatic nitrogens is 2. The van der Waals surface area contributed by atoms with Gasteiger partial charge >= 0.3 is 0 Å². The molecule has 0 aliphatic carbocycles. The van der Waals surface area contributed by atoms with Gasteiger partial charge in [0.15, 0.2) is 0 Å².